The Kier molecular flexibility index (Phi) is 3.68. The van der Waals surface area contributed by atoms with Crippen LogP contribution in [0.3, 0.4) is 0 Å². The predicted molar refractivity (Wildman–Crippen MR) is 84.2 cm³/mol. The van der Waals surface area contributed by atoms with Crippen molar-refractivity contribution in [2.24, 2.45) is 5.10 Å². The molecule has 0 radical (unpaired) electrons. The number of aromatic nitrogens is 5. The molecule has 0 spiro atoms. The summed E-state index contributed by atoms with van der Waals surface area (Å²) in [5, 5.41) is 18.9. The van der Waals surface area contributed by atoms with E-state index in [4.69, 9.17) is 23.8 Å². The average Bonchev–Trinajstić information content (AvgIpc) is 3.05. The lowest BCUT2D eigenvalue weighted by atomic mass is 10.2. The third-order valence-corrected chi connectivity index (χ3v) is 3.29. The summed E-state index contributed by atoms with van der Waals surface area (Å²) in [6, 6.07) is 9.21. The lowest BCUT2D eigenvalue weighted by Gasteiger charge is -1.97. The molecule has 0 unspecified atom stereocenters. The lowest BCUT2D eigenvalue weighted by molar-refractivity contribution is 0.865. The molecule has 0 fully saturated rings. The highest BCUT2D eigenvalue weighted by Crippen LogP contribution is 2.15. The van der Waals surface area contributed by atoms with Crippen LogP contribution < -0.4 is 0 Å². The first-order valence-electron chi connectivity index (χ1n) is 6.13. The van der Waals surface area contributed by atoms with Crippen LogP contribution in [0.25, 0.3) is 11.5 Å². The Hall–Kier alpha value is -2.25. The summed E-state index contributed by atoms with van der Waals surface area (Å²) in [7, 11) is 0. The molecule has 0 amide bonds. The van der Waals surface area contributed by atoms with Crippen molar-refractivity contribution in [1.29, 1.82) is 0 Å². The summed E-state index contributed by atoms with van der Waals surface area (Å²) in [4.78, 5) is 0. The number of aromatic amines is 2. The maximum absolute atomic E-state index is 5.85. The maximum Gasteiger partial charge on any atom is 0.216 e. The largest absolute Gasteiger partial charge is 0.282 e. The van der Waals surface area contributed by atoms with Gasteiger partial charge in [0.25, 0.3) is 0 Å². The van der Waals surface area contributed by atoms with Crippen LogP contribution in [0.15, 0.2) is 35.4 Å². The second-order valence-corrected chi connectivity index (χ2v) is 5.22. The molecule has 21 heavy (non-hydrogen) atoms. The van der Waals surface area contributed by atoms with Gasteiger partial charge in [-0.3, -0.25) is 5.10 Å². The van der Waals surface area contributed by atoms with Crippen molar-refractivity contribution in [3.63, 3.8) is 0 Å². The highest BCUT2D eigenvalue weighted by molar-refractivity contribution is 7.71. The first kappa shape index (κ1) is 13.7. The number of nitrogens with one attached hydrogen (secondary N) is 2. The van der Waals surface area contributed by atoms with Gasteiger partial charge in [0.1, 0.15) is 5.69 Å². The summed E-state index contributed by atoms with van der Waals surface area (Å²) < 4.78 is 1.93. The van der Waals surface area contributed by atoms with Gasteiger partial charge in [-0.2, -0.15) is 20.0 Å². The van der Waals surface area contributed by atoms with Crippen molar-refractivity contribution in [3.05, 3.63) is 51.4 Å². The molecular weight excluding hydrogens is 308 g/mol. The monoisotopic (exact) mass is 318 g/mol. The molecule has 2 heterocycles. The molecule has 0 saturated heterocycles. The Morgan fingerprint density at radius 1 is 1.24 bits per heavy atom. The number of hydrogen-bond acceptors (Lipinski definition) is 4. The SMILES string of the molecule is Cc1cc(-c2n[nH]c(=S)n2N=Cc2ccc(Cl)cc2)n[nH]1. The Morgan fingerprint density at radius 3 is 2.67 bits per heavy atom. The van der Waals surface area contributed by atoms with E-state index in [1.165, 1.54) is 4.68 Å². The lowest BCUT2D eigenvalue weighted by Crippen LogP contribution is -1.95. The van der Waals surface area contributed by atoms with Crippen molar-refractivity contribution < 1.29 is 0 Å². The van der Waals surface area contributed by atoms with Crippen LogP contribution in [-0.2, 0) is 0 Å². The summed E-state index contributed by atoms with van der Waals surface area (Å²) in [6.45, 7) is 1.92. The minimum Gasteiger partial charge on any atom is -0.282 e. The number of halogens is 1. The number of H-pyrrole nitrogens is 2. The van der Waals surface area contributed by atoms with Crippen LogP contribution in [-0.4, -0.2) is 31.3 Å². The maximum atomic E-state index is 5.85. The van der Waals surface area contributed by atoms with Gasteiger partial charge in [-0.05, 0) is 42.9 Å². The van der Waals surface area contributed by atoms with Crippen LogP contribution in [0.1, 0.15) is 11.3 Å². The van der Waals surface area contributed by atoms with Crippen molar-refractivity contribution >= 4 is 30.0 Å². The van der Waals surface area contributed by atoms with E-state index >= 15 is 0 Å². The van der Waals surface area contributed by atoms with E-state index < -0.39 is 0 Å². The van der Waals surface area contributed by atoms with Crippen LogP contribution in [0.5, 0.6) is 0 Å². The summed E-state index contributed by atoms with van der Waals surface area (Å²) in [6.07, 6.45) is 1.69. The minimum atomic E-state index is 0.399. The zero-order valence-electron chi connectivity index (χ0n) is 11.0. The van der Waals surface area contributed by atoms with Gasteiger partial charge in [-0.15, -0.1) is 0 Å². The molecule has 2 aromatic heterocycles. The summed E-state index contributed by atoms with van der Waals surface area (Å²) in [5.41, 5.74) is 2.52. The van der Waals surface area contributed by atoms with Gasteiger partial charge in [0.15, 0.2) is 0 Å². The molecule has 2 N–H and O–H groups in total. The van der Waals surface area contributed by atoms with E-state index in [2.05, 4.69) is 25.5 Å². The average molecular weight is 319 g/mol. The molecular formula is C13H11ClN6S. The van der Waals surface area contributed by atoms with Gasteiger partial charge in [0, 0.05) is 10.7 Å². The summed E-state index contributed by atoms with van der Waals surface area (Å²) >= 11 is 11.0. The third kappa shape index (κ3) is 2.93. The Morgan fingerprint density at radius 2 is 2.00 bits per heavy atom. The van der Waals surface area contributed by atoms with Gasteiger partial charge < -0.3 is 0 Å². The van der Waals surface area contributed by atoms with Crippen LogP contribution in [0.4, 0.5) is 0 Å². The molecule has 1 aromatic carbocycles. The van der Waals surface area contributed by atoms with Crippen molar-refractivity contribution in [1.82, 2.24) is 25.1 Å². The molecule has 0 aliphatic carbocycles. The topological polar surface area (TPSA) is 74.7 Å². The Labute approximate surface area is 130 Å². The zero-order chi connectivity index (χ0) is 14.8. The van der Waals surface area contributed by atoms with Crippen molar-refractivity contribution in [3.8, 4) is 11.5 Å². The predicted octanol–water partition coefficient (Wildman–Crippen LogP) is 3.17. The fourth-order valence-corrected chi connectivity index (χ4v) is 2.08. The second-order valence-electron chi connectivity index (χ2n) is 4.40. The molecule has 0 atom stereocenters. The quantitative estimate of drug-likeness (QED) is 0.575. The molecule has 3 aromatic rings. The number of aryl methyl sites for hydroxylation is 1. The standard InChI is InChI=1S/C13H11ClN6S/c1-8-6-11(17-16-8)12-18-19-13(21)20(12)15-7-9-2-4-10(14)5-3-9/h2-7H,1H3,(H,16,17)(H,19,21). The zero-order valence-corrected chi connectivity index (χ0v) is 12.6. The normalized spacial score (nSPS) is 11.3. The van der Waals surface area contributed by atoms with Crippen LogP contribution >= 0.6 is 23.8 Å². The van der Waals surface area contributed by atoms with Gasteiger partial charge >= 0.3 is 0 Å². The van der Waals surface area contributed by atoms with E-state index in [1.54, 1.807) is 18.3 Å². The van der Waals surface area contributed by atoms with E-state index in [0.29, 0.717) is 21.3 Å². The molecule has 0 aliphatic rings. The van der Waals surface area contributed by atoms with E-state index in [9.17, 15) is 0 Å². The highest BCUT2D eigenvalue weighted by atomic mass is 35.5. The van der Waals surface area contributed by atoms with E-state index in [-0.39, 0.29) is 0 Å². The summed E-state index contributed by atoms with van der Waals surface area (Å²) in [5.74, 6) is 0.551. The number of benzene rings is 1. The molecule has 0 aliphatic heterocycles. The molecule has 0 saturated carbocycles. The molecule has 106 valence electrons. The Bertz CT molecular complexity index is 842. The number of nitrogens with zero attached hydrogens (tertiary/aromatic N) is 4. The van der Waals surface area contributed by atoms with Gasteiger partial charge in [-0.25, -0.2) is 5.10 Å². The second kappa shape index (κ2) is 5.63. The Balaban J connectivity index is 1.97. The van der Waals surface area contributed by atoms with Gasteiger partial charge in [-0.1, -0.05) is 23.7 Å². The van der Waals surface area contributed by atoms with Crippen LogP contribution in [0, 0.1) is 11.7 Å². The number of rotatable bonds is 3. The van der Waals surface area contributed by atoms with Crippen molar-refractivity contribution in [2.75, 3.05) is 0 Å². The fourth-order valence-electron chi connectivity index (χ4n) is 1.77. The molecule has 6 nitrogen and oxygen atoms in total. The van der Waals surface area contributed by atoms with Gasteiger partial charge in [0.2, 0.25) is 10.6 Å². The molecule has 8 heteroatoms. The van der Waals surface area contributed by atoms with E-state index in [1.807, 2.05) is 25.1 Å². The fraction of sp³-hybridized carbons (Fsp3) is 0.0769. The smallest absolute Gasteiger partial charge is 0.216 e. The first-order valence-corrected chi connectivity index (χ1v) is 6.92. The third-order valence-electron chi connectivity index (χ3n) is 2.78. The molecule has 0 bridgehead atoms. The minimum absolute atomic E-state index is 0.399. The van der Waals surface area contributed by atoms with Gasteiger partial charge in [0.05, 0.1) is 6.21 Å². The first-order chi connectivity index (χ1) is 10.1. The number of hydrogen-bond donors (Lipinski definition) is 2. The van der Waals surface area contributed by atoms with Crippen molar-refractivity contribution in [2.45, 2.75) is 6.92 Å². The molecule has 3 rings (SSSR count). The highest BCUT2D eigenvalue weighted by Gasteiger charge is 2.10. The van der Waals surface area contributed by atoms with Crippen LogP contribution in [0.2, 0.25) is 5.02 Å². The van der Waals surface area contributed by atoms with E-state index in [0.717, 1.165) is 11.3 Å².